The molecule has 0 saturated carbocycles. The van der Waals surface area contributed by atoms with Crippen molar-refractivity contribution in [2.45, 2.75) is 0 Å². The molecule has 96 valence electrons. The smallest absolute Gasteiger partial charge is 0.337 e. The summed E-state index contributed by atoms with van der Waals surface area (Å²) < 4.78 is 0. The van der Waals surface area contributed by atoms with Crippen LogP contribution in [0.1, 0.15) is 20.7 Å². The zero-order valence-electron chi connectivity index (χ0n) is 10.3. The van der Waals surface area contributed by atoms with Gasteiger partial charge in [-0.2, -0.15) is 0 Å². The van der Waals surface area contributed by atoms with Crippen molar-refractivity contribution >= 4 is 11.9 Å². The van der Waals surface area contributed by atoms with E-state index in [1.165, 1.54) is 12.4 Å². The molecule has 0 aliphatic heterocycles. The number of aromatic carboxylic acids is 1. The summed E-state index contributed by atoms with van der Waals surface area (Å²) in [5, 5.41) is 11.7. The molecule has 0 saturated heterocycles. The van der Waals surface area contributed by atoms with Crippen molar-refractivity contribution in [3.05, 3.63) is 53.9 Å². The number of rotatable bonds is 3. The summed E-state index contributed by atoms with van der Waals surface area (Å²) in [6.45, 7) is 0. The highest BCUT2D eigenvalue weighted by Gasteiger charge is 2.12. The van der Waals surface area contributed by atoms with E-state index >= 15 is 0 Å². The van der Waals surface area contributed by atoms with Gasteiger partial charge in [0.25, 0.3) is 5.91 Å². The zero-order chi connectivity index (χ0) is 13.8. The van der Waals surface area contributed by atoms with E-state index in [1.807, 2.05) is 0 Å². The third kappa shape index (κ3) is 2.60. The molecule has 5 heteroatoms. The standard InChI is InChI=1S/C14H12N2O3/c1-15-13(17)10-4-2-3-9(7-10)11-5-6-16-8-12(11)14(18)19/h2-8H,1H3,(H,15,17)(H,18,19). The van der Waals surface area contributed by atoms with E-state index in [4.69, 9.17) is 5.11 Å². The summed E-state index contributed by atoms with van der Waals surface area (Å²) in [7, 11) is 1.55. The molecule has 0 aliphatic carbocycles. The van der Waals surface area contributed by atoms with Crippen molar-refractivity contribution in [2.75, 3.05) is 7.05 Å². The van der Waals surface area contributed by atoms with Crippen LogP contribution in [0.5, 0.6) is 0 Å². The van der Waals surface area contributed by atoms with E-state index in [-0.39, 0.29) is 11.5 Å². The van der Waals surface area contributed by atoms with E-state index in [0.717, 1.165) is 0 Å². The highest BCUT2D eigenvalue weighted by molar-refractivity contribution is 5.98. The van der Waals surface area contributed by atoms with E-state index in [2.05, 4.69) is 10.3 Å². The second-order valence-corrected chi connectivity index (χ2v) is 3.89. The number of carboxylic acids is 1. The van der Waals surface area contributed by atoms with Crippen LogP contribution in [0.15, 0.2) is 42.7 Å². The number of nitrogens with zero attached hydrogens (tertiary/aromatic N) is 1. The Labute approximate surface area is 109 Å². The van der Waals surface area contributed by atoms with Crippen LogP contribution in [0.2, 0.25) is 0 Å². The minimum Gasteiger partial charge on any atom is -0.478 e. The molecule has 0 bridgehead atoms. The number of nitrogens with one attached hydrogen (secondary N) is 1. The van der Waals surface area contributed by atoms with Crippen LogP contribution in [0.4, 0.5) is 0 Å². The van der Waals surface area contributed by atoms with Gasteiger partial charge in [-0.1, -0.05) is 12.1 Å². The van der Waals surface area contributed by atoms with Crippen LogP contribution in [0, 0.1) is 0 Å². The monoisotopic (exact) mass is 256 g/mol. The van der Waals surface area contributed by atoms with Gasteiger partial charge < -0.3 is 10.4 Å². The minimum atomic E-state index is -1.05. The van der Waals surface area contributed by atoms with Crippen molar-refractivity contribution in [1.29, 1.82) is 0 Å². The summed E-state index contributed by atoms with van der Waals surface area (Å²) in [6, 6.07) is 8.41. The first-order chi connectivity index (χ1) is 9.13. The lowest BCUT2D eigenvalue weighted by molar-refractivity contribution is 0.0697. The molecule has 2 N–H and O–H groups in total. The summed E-state index contributed by atoms with van der Waals surface area (Å²) in [4.78, 5) is 26.5. The Morgan fingerprint density at radius 2 is 2.05 bits per heavy atom. The topological polar surface area (TPSA) is 79.3 Å². The van der Waals surface area contributed by atoms with E-state index in [0.29, 0.717) is 16.7 Å². The van der Waals surface area contributed by atoms with Crippen molar-refractivity contribution < 1.29 is 14.7 Å². The first kappa shape index (κ1) is 12.8. The fourth-order valence-corrected chi connectivity index (χ4v) is 1.79. The maximum Gasteiger partial charge on any atom is 0.337 e. The Balaban J connectivity index is 2.54. The zero-order valence-corrected chi connectivity index (χ0v) is 10.3. The Morgan fingerprint density at radius 1 is 1.26 bits per heavy atom. The van der Waals surface area contributed by atoms with Crippen molar-refractivity contribution in [3.63, 3.8) is 0 Å². The van der Waals surface area contributed by atoms with Gasteiger partial charge in [0.1, 0.15) is 0 Å². The summed E-state index contributed by atoms with van der Waals surface area (Å²) >= 11 is 0. The Morgan fingerprint density at radius 3 is 2.74 bits per heavy atom. The van der Waals surface area contributed by atoms with Gasteiger partial charge in [-0.15, -0.1) is 0 Å². The number of aromatic nitrogens is 1. The van der Waals surface area contributed by atoms with Gasteiger partial charge in [-0.3, -0.25) is 9.78 Å². The maximum absolute atomic E-state index is 11.6. The quantitative estimate of drug-likeness (QED) is 0.877. The first-order valence-corrected chi connectivity index (χ1v) is 5.63. The number of carbonyl (C=O) groups is 2. The number of hydrogen-bond donors (Lipinski definition) is 2. The van der Waals surface area contributed by atoms with Gasteiger partial charge >= 0.3 is 5.97 Å². The Kier molecular flexibility index (Phi) is 3.56. The van der Waals surface area contributed by atoms with Crippen molar-refractivity contribution in [2.24, 2.45) is 0 Å². The predicted octanol–water partition coefficient (Wildman–Crippen LogP) is 1.81. The van der Waals surface area contributed by atoms with Crippen LogP contribution in [-0.4, -0.2) is 29.0 Å². The number of hydrogen-bond acceptors (Lipinski definition) is 3. The number of carbonyl (C=O) groups excluding carboxylic acids is 1. The van der Waals surface area contributed by atoms with Crippen molar-refractivity contribution in [1.82, 2.24) is 10.3 Å². The highest BCUT2D eigenvalue weighted by Crippen LogP contribution is 2.23. The Hall–Kier alpha value is -2.69. The molecule has 1 aromatic heterocycles. The summed E-state index contributed by atoms with van der Waals surface area (Å²) in [6.07, 6.45) is 2.82. The van der Waals surface area contributed by atoms with Crippen LogP contribution in [0.25, 0.3) is 11.1 Å². The SMILES string of the molecule is CNC(=O)c1cccc(-c2ccncc2C(=O)O)c1. The molecule has 2 aromatic rings. The molecule has 0 unspecified atom stereocenters. The molecule has 1 heterocycles. The van der Waals surface area contributed by atoms with Crippen molar-refractivity contribution in [3.8, 4) is 11.1 Å². The maximum atomic E-state index is 11.6. The third-order valence-corrected chi connectivity index (χ3v) is 2.71. The average Bonchev–Trinajstić information content (AvgIpc) is 2.46. The lowest BCUT2D eigenvalue weighted by Crippen LogP contribution is -2.17. The van der Waals surface area contributed by atoms with Gasteiger partial charge in [0, 0.05) is 25.0 Å². The molecule has 19 heavy (non-hydrogen) atoms. The molecule has 0 aliphatic rings. The molecular weight excluding hydrogens is 244 g/mol. The van der Waals surface area contributed by atoms with Gasteiger partial charge in [-0.05, 0) is 29.3 Å². The van der Waals surface area contributed by atoms with Crippen LogP contribution in [-0.2, 0) is 0 Å². The van der Waals surface area contributed by atoms with E-state index < -0.39 is 5.97 Å². The molecule has 0 atom stereocenters. The molecule has 2 rings (SSSR count). The van der Waals surface area contributed by atoms with Crippen LogP contribution >= 0.6 is 0 Å². The van der Waals surface area contributed by atoms with Gasteiger partial charge in [0.2, 0.25) is 0 Å². The van der Waals surface area contributed by atoms with E-state index in [1.54, 1.807) is 37.4 Å². The highest BCUT2D eigenvalue weighted by atomic mass is 16.4. The number of amides is 1. The molecule has 0 radical (unpaired) electrons. The summed E-state index contributed by atoms with van der Waals surface area (Å²) in [5.74, 6) is -1.26. The number of carboxylic acid groups (broad SMARTS) is 1. The minimum absolute atomic E-state index is 0.108. The lowest BCUT2D eigenvalue weighted by Gasteiger charge is -2.07. The van der Waals surface area contributed by atoms with Gasteiger partial charge in [-0.25, -0.2) is 4.79 Å². The molecule has 0 fully saturated rings. The molecule has 5 nitrogen and oxygen atoms in total. The molecule has 1 aromatic carbocycles. The van der Waals surface area contributed by atoms with Gasteiger partial charge in [0.05, 0.1) is 5.56 Å². The second-order valence-electron chi connectivity index (χ2n) is 3.89. The lowest BCUT2D eigenvalue weighted by atomic mass is 10.00. The number of benzene rings is 1. The van der Waals surface area contributed by atoms with Crippen LogP contribution in [0.3, 0.4) is 0 Å². The fraction of sp³-hybridized carbons (Fsp3) is 0.0714. The normalized spacial score (nSPS) is 9.95. The van der Waals surface area contributed by atoms with E-state index in [9.17, 15) is 9.59 Å². The predicted molar refractivity (Wildman–Crippen MR) is 70.0 cm³/mol. The largest absolute Gasteiger partial charge is 0.478 e. The fourth-order valence-electron chi connectivity index (χ4n) is 1.79. The molecule has 1 amide bonds. The Bertz CT molecular complexity index is 638. The summed E-state index contributed by atoms with van der Waals surface area (Å²) in [5.41, 5.74) is 1.79. The molecular formula is C14H12N2O3. The number of pyridine rings is 1. The first-order valence-electron chi connectivity index (χ1n) is 5.63. The molecule has 0 spiro atoms. The van der Waals surface area contributed by atoms with Crippen LogP contribution < -0.4 is 5.32 Å². The second kappa shape index (κ2) is 5.30. The van der Waals surface area contributed by atoms with Gasteiger partial charge in [0.15, 0.2) is 0 Å². The third-order valence-electron chi connectivity index (χ3n) is 2.71. The average molecular weight is 256 g/mol.